The number of rotatable bonds is 4. The smallest absolute Gasteiger partial charge is 0.120 e. The lowest BCUT2D eigenvalue weighted by molar-refractivity contribution is 0.156. The van der Waals surface area contributed by atoms with Crippen LogP contribution in [0.15, 0.2) is 42.5 Å². The quantitative estimate of drug-likeness (QED) is 0.907. The van der Waals surface area contributed by atoms with Crippen molar-refractivity contribution in [2.75, 3.05) is 0 Å². The number of aryl methyl sites for hydroxylation is 1. The summed E-state index contributed by atoms with van der Waals surface area (Å²) < 4.78 is 5.81. The molecule has 3 nitrogen and oxygen atoms in total. The zero-order chi connectivity index (χ0) is 14.7. The van der Waals surface area contributed by atoms with Crippen LogP contribution in [0.2, 0.25) is 0 Å². The maximum Gasteiger partial charge on any atom is 0.120 e. The molecule has 0 saturated carbocycles. The van der Waals surface area contributed by atoms with E-state index in [-0.39, 0.29) is 12.7 Å². The van der Waals surface area contributed by atoms with Gasteiger partial charge in [-0.15, -0.1) is 0 Å². The van der Waals surface area contributed by atoms with Gasteiger partial charge in [0.1, 0.15) is 12.4 Å². The van der Waals surface area contributed by atoms with Crippen LogP contribution in [0.5, 0.6) is 5.75 Å². The fourth-order valence-electron chi connectivity index (χ4n) is 2.75. The Kier molecular flexibility index (Phi) is 4.23. The molecule has 0 aromatic heterocycles. The van der Waals surface area contributed by atoms with Gasteiger partial charge in [-0.3, -0.25) is 0 Å². The zero-order valence-corrected chi connectivity index (χ0v) is 12.0. The van der Waals surface area contributed by atoms with Gasteiger partial charge in [-0.25, -0.2) is 0 Å². The molecule has 1 aliphatic carbocycles. The van der Waals surface area contributed by atoms with E-state index in [1.54, 1.807) is 0 Å². The van der Waals surface area contributed by atoms with E-state index in [1.807, 2.05) is 36.4 Å². The van der Waals surface area contributed by atoms with Crippen molar-refractivity contribution in [3.05, 3.63) is 64.7 Å². The van der Waals surface area contributed by atoms with Crippen molar-refractivity contribution >= 4 is 0 Å². The number of aliphatic hydroxyl groups excluding tert-OH is 2. The van der Waals surface area contributed by atoms with Crippen molar-refractivity contribution < 1.29 is 14.9 Å². The second-order valence-corrected chi connectivity index (χ2v) is 5.53. The largest absolute Gasteiger partial charge is 0.489 e. The maximum absolute atomic E-state index is 10.0. The number of aliphatic hydroxyl groups is 2. The molecule has 1 atom stereocenters. The lowest BCUT2D eigenvalue weighted by Crippen LogP contribution is -2.09. The normalized spacial score (nSPS) is 17.3. The molecule has 2 aromatic carbocycles. The van der Waals surface area contributed by atoms with Crippen LogP contribution in [0, 0.1) is 0 Å². The van der Waals surface area contributed by atoms with E-state index < -0.39 is 0 Å². The highest BCUT2D eigenvalue weighted by atomic mass is 16.5. The summed E-state index contributed by atoms with van der Waals surface area (Å²) in [5.41, 5.74) is 4.20. The van der Waals surface area contributed by atoms with Gasteiger partial charge in [-0.1, -0.05) is 30.3 Å². The molecule has 2 aromatic rings. The third-order valence-electron chi connectivity index (χ3n) is 4.01. The van der Waals surface area contributed by atoms with E-state index in [4.69, 9.17) is 9.84 Å². The Morgan fingerprint density at radius 1 is 1.05 bits per heavy atom. The zero-order valence-electron chi connectivity index (χ0n) is 12.0. The fourth-order valence-corrected chi connectivity index (χ4v) is 2.75. The van der Waals surface area contributed by atoms with E-state index in [0.717, 1.165) is 41.7 Å². The van der Waals surface area contributed by atoms with Crippen molar-refractivity contribution in [1.29, 1.82) is 0 Å². The highest BCUT2D eigenvalue weighted by Crippen LogP contribution is 2.32. The van der Waals surface area contributed by atoms with Crippen LogP contribution >= 0.6 is 0 Å². The summed E-state index contributed by atoms with van der Waals surface area (Å²) in [5.74, 6) is 0.793. The van der Waals surface area contributed by atoms with Gasteiger partial charge in [-0.2, -0.15) is 0 Å². The van der Waals surface area contributed by atoms with E-state index in [1.165, 1.54) is 5.56 Å². The van der Waals surface area contributed by atoms with E-state index in [2.05, 4.69) is 6.07 Å². The van der Waals surface area contributed by atoms with Crippen molar-refractivity contribution in [2.24, 2.45) is 0 Å². The van der Waals surface area contributed by atoms with E-state index in [9.17, 15) is 5.11 Å². The SMILES string of the molecule is OCc1ccc(COc2ccc3c(c2)[C@@H](O)CCC3)cc1. The molecule has 2 N–H and O–H groups in total. The Labute approximate surface area is 124 Å². The van der Waals surface area contributed by atoms with Crippen molar-refractivity contribution in [3.63, 3.8) is 0 Å². The summed E-state index contributed by atoms with van der Waals surface area (Å²) in [5, 5.41) is 19.1. The van der Waals surface area contributed by atoms with Crippen LogP contribution in [-0.2, 0) is 19.6 Å². The molecular formula is C18H20O3. The average molecular weight is 284 g/mol. The van der Waals surface area contributed by atoms with Gasteiger partial charge in [0, 0.05) is 0 Å². The minimum atomic E-state index is -0.360. The highest BCUT2D eigenvalue weighted by Gasteiger charge is 2.18. The molecule has 0 saturated heterocycles. The molecule has 110 valence electrons. The number of benzene rings is 2. The molecule has 0 aliphatic heterocycles. The van der Waals surface area contributed by atoms with Crippen molar-refractivity contribution in [1.82, 2.24) is 0 Å². The molecule has 0 bridgehead atoms. The van der Waals surface area contributed by atoms with Crippen LogP contribution in [0.4, 0.5) is 0 Å². The van der Waals surface area contributed by atoms with E-state index in [0.29, 0.717) is 6.61 Å². The summed E-state index contributed by atoms with van der Waals surface area (Å²) in [6, 6.07) is 13.7. The number of hydrogen-bond donors (Lipinski definition) is 2. The van der Waals surface area contributed by atoms with Crippen LogP contribution in [0.1, 0.15) is 41.2 Å². The summed E-state index contributed by atoms with van der Waals surface area (Å²) >= 11 is 0. The van der Waals surface area contributed by atoms with Gasteiger partial charge in [0.05, 0.1) is 12.7 Å². The van der Waals surface area contributed by atoms with Crippen LogP contribution < -0.4 is 4.74 Å². The molecule has 3 rings (SSSR count). The first-order valence-corrected chi connectivity index (χ1v) is 7.38. The molecule has 0 unspecified atom stereocenters. The summed E-state index contributed by atoms with van der Waals surface area (Å²) in [6.45, 7) is 0.546. The van der Waals surface area contributed by atoms with Crippen molar-refractivity contribution in [2.45, 2.75) is 38.6 Å². The first kappa shape index (κ1) is 14.1. The molecule has 0 heterocycles. The summed E-state index contributed by atoms with van der Waals surface area (Å²) in [6.07, 6.45) is 2.56. The van der Waals surface area contributed by atoms with Gasteiger partial charge >= 0.3 is 0 Å². The maximum atomic E-state index is 10.0. The average Bonchev–Trinajstić information content (AvgIpc) is 2.54. The number of hydrogen-bond acceptors (Lipinski definition) is 3. The Hall–Kier alpha value is -1.84. The van der Waals surface area contributed by atoms with Gasteiger partial charge in [0.15, 0.2) is 0 Å². The second-order valence-electron chi connectivity index (χ2n) is 5.53. The molecule has 1 aliphatic rings. The Balaban J connectivity index is 1.68. The molecule has 21 heavy (non-hydrogen) atoms. The number of fused-ring (bicyclic) bond motifs is 1. The standard InChI is InChI=1S/C18H20O3/c19-11-13-4-6-14(7-5-13)12-21-16-9-8-15-2-1-3-18(20)17(15)10-16/h4-10,18-20H,1-3,11-12H2/t18-/m0/s1. The third-order valence-corrected chi connectivity index (χ3v) is 4.01. The monoisotopic (exact) mass is 284 g/mol. The first-order valence-electron chi connectivity index (χ1n) is 7.38. The molecule has 0 fully saturated rings. The third kappa shape index (κ3) is 3.26. The highest BCUT2D eigenvalue weighted by molar-refractivity contribution is 5.38. The van der Waals surface area contributed by atoms with Gasteiger partial charge in [-0.05, 0) is 53.6 Å². The van der Waals surface area contributed by atoms with Gasteiger partial charge < -0.3 is 14.9 Å². The van der Waals surface area contributed by atoms with Gasteiger partial charge in [0.25, 0.3) is 0 Å². The van der Waals surface area contributed by atoms with E-state index >= 15 is 0 Å². The Morgan fingerprint density at radius 2 is 1.81 bits per heavy atom. The second kappa shape index (κ2) is 6.29. The fraction of sp³-hybridized carbons (Fsp3) is 0.333. The molecular weight excluding hydrogens is 264 g/mol. The number of ether oxygens (including phenoxy) is 1. The summed E-state index contributed by atoms with van der Waals surface area (Å²) in [7, 11) is 0. The predicted molar refractivity (Wildman–Crippen MR) is 81.0 cm³/mol. The lowest BCUT2D eigenvalue weighted by Gasteiger charge is -2.22. The molecule has 3 heteroatoms. The van der Waals surface area contributed by atoms with Crippen molar-refractivity contribution in [3.8, 4) is 5.75 Å². The molecule has 0 amide bonds. The molecule has 0 spiro atoms. The predicted octanol–water partition coefficient (Wildman–Crippen LogP) is 3.13. The minimum Gasteiger partial charge on any atom is -0.489 e. The van der Waals surface area contributed by atoms with Crippen LogP contribution in [-0.4, -0.2) is 10.2 Å². The van der Waals surface area contributed by atoms with Crippen LogP contribution in [0.3, 0.4) is 0 Å². The minimum absolute atomic E-state index is 0.0594. The summed E-state index contributed by atoms with van der Waals surface area (Å²) in [4.78, 5) is 0. The topological polar surface area (TPSA) is 49.7 Å². The lowest BCUT2D eigenvalue weighted by atomic mass is 9.89. The Bertz CT molecular complexity index is 604. The van der Waals surface area contributed by atoms with Gasteiger partial charge in [0.2, 0.25) is 0 Å². The Morgan fingerprint density at radius 3 is 2.57 bits per heavy atom. The first-order chi connectivity index (χ1) is 10.3. The molecule has 0 radical (unpaired) electrons. The van der Waals surface area contributed by atoms with Crippen LogP contribution in [0.25, 0.3) is 0 Å².